The summed E-state index contributed by atoms with van der Waals surface area (Å²) in [6, 6.07) is 40.2. The molecule has 6 nitrogen and oxygen atoms in total. The average Bonchev–Trinajstić information content (AvgIpc) is 3.46. The van der Waals surface area contributed by atoms with Gasteiger partial charge >= 0.3 is 0 Å². The van der Waals surface area contributed by atoms with Crippen LogP contribution in [0.15, 0.2) is 140 Å². The largest absolute Gasteiger partial charge is 0.343 e. The number of aromatic nitrogens is 1. The lowest BCUT2D eigenvalue weighted by Crippen LogP contribution is -2.50. The van der Waals surface area contributed by atoms with Crippen LogP contribution < -0.4 is 11.0 Å². The lowest BCUT2D eigenvalue weighted by atomic mass is 9.80. The Morgan fingerprint density at radius 3 is 1.82 bits per heavy atom. The van der Waals surface area contributed by atoms with Gasteiger partial charge in [-0.1, -0.05) is 115 Å². The lowest BCUT2D eigenvalue weighted by Gasteiger charge is -2.35. The number of benzene rings is 5. The van der Waals surface area contributed by atoms with E-state index in [2.05, 4.69) is 11.0 Å². The van der Waals surface area contributed by atoms with Crippen molar-refractivity contribution in [3.8, 4) is 0 Å². The van der Waals surface area contributed by atoms with Crippen LogP contribution >= 0.6 is 0 Å². The molecule has 49 heavy (non-hydrogen) atoms. The molecule has 0 aliphatic carbocycles. The van der Waals surface area contributed by atoms with Crippen molar-refractivity contribution in [1.29, 1.82) is 0 Å². The molecule has 6 aromatic rings. The molecule has 0 saturated heterocycles. The number of amides is 1. The second-order valence-electron chi connectivity index (χ2n) is 13.0. The highest BCUT2D eigenvalue weighted by molar-refractivity contribution is 5.86. The lowest BCUT2D eigenvalue weighted by molar-refractivity contribution is -0.154. The molecular formula is C41H39F2N3O3. The smallest absolute Gasteiger partial charge is 0.263 e. The zero-order chi connectivity index (χ0) is 34.4. The van der Waals surface area contributed by atoms with E-state index in [1.54, 1.807) is 6.07 Å². The maximum absolute atomic E-state index is 14.2. The van der Waals surface area contributed by atoms with E-state index in [0.717, 1.165) is 39.2 Å². The minimum Gasteiger partial charge on any atom is -0.343 e. The van der Waals surface area contributed by atoms with Gasteiger partial charge in [0.05, 0.1) is 5.60 Å². The molecule has 8 heteroatoms. The van der Waals surface area contributed by atoms with E-state index in [1.807, 2.05) is 147 Å². The van der Waals surface area contributed by atoms with E-state index >= 15 is 0 Å². The van der Waals surface area contributed by atoms with Crippen LogP contribution in [0.4, 0.5) is 8.78 Å². The molecule has 0 aliphatic rings. The van der Waals surface area contributed by atoms with Crippen molar-refractivity contribution < 1.29 is 23.3 Å². The number of halogens is 2. The number of rotatable bonds is 12. The number of hydroxylamine groups is 2. The summed E-state index contributed by atoms with van der Waals surface area (Å²) >= 11 is 0. The van der Waals surface area contributed by atoms with Gasteiger partial charge in [0.15, 0.2) is 17.2 Å². The Morgan fingerprint density at radius 2 is 1.27 bits per heavy atom. The SMILES string of the molecule is CC(C)(C)ONC(Cc1cn(Cc2ccc(F)c(F)c2)c2ccccc12)C(=O)NOC(c1ccccc1)(c1ccccc1)c1ccccc1. The van der Waals surface area contributed by atoms with Gasteiger partial charge in [0.1, 0.15) is 6.04 Å². The Balaban J connectivity index is 1.35. The summed E-state index contributed by atoms with van der Waals surface area (Å²) in [4.78, 5) is 26.8. The van der Waals surface area contributed by atoms with Crippen LogP contribution in [0.5, 0.6) is 0 Å². The van der Waals surface area contributed by atoms with Crippen LogP contribution in [0.1, 0.15) is 48.6 Å². The van der Waals surface area contributed by atoms with Gasteiger partial charge in [0, 0.05) is 30.1 Å². The van der Waals surface area contributed by atoms with Gasteiger partial charge in [-0.25, -0.2) is 14.3 Å². The highest BCUT2D eigenvalue weighted by Gasteiger charge is 2.39. The van der Waals surface area contributed by atoms with Crippen molar-refractivity contribution in [3.05, 3.63) is 179 Å². The molecule has 2 N–H and O–H groups in total. The maximum Gasteiger partial charge on any atom is 0.263 e. The summed E-state index contributed by atoms with van der Waals surface area (Å²) in [7, 11) is 0. The molecule has 1 heterocycles. The quantitative estimate of drug-likeness (QED) is 0.103. The second kappa shape index (κ2) is 14.5. The zero-order valence-corrected chi connectivity index (χ0v) is 27.7. The number of para-hydroxylation sites is 1. The van der Waals surface area contributed by atoms with Crippen molar-refractivity contribution >= 4 is 16.8 Å². The summed E-state index contributed by atoms with van der Waals surface area (Å²) in [5, 5.41) is 0.925. The van der Waals surface area contributed by atoms with Crippen LogP contribution in [0.3, 0.4) is 0 Å². The molecule has 1 aromatic heterocycles. The Hall–Kier alpha value is -5.15. The van der Waals surface area contributed by atoms with E-state index in [4.69, 9.17) is 9.68 Å². The van der Waals surface area contributed by atoms with Crippen molar-refractivity contribution in [2.45, 2.75) is 51.0 Å². The third-order valence-electron chi connectivity index (χ3n) is 8.30. The van der Waals surface area contributed by atoms with Gasteiger partial charge in [-0.3, -0.25) is 14.5 Å². The number of nitrogens with zero attached hydrogens (tertiary/aromatic N) is 1. The summed E-state index contributed by atoms with van der Waals surface area (Å²) in [6.45, 7) is 6.00. The predicted molar refractivity (Wildman–Crippen MR) is 187 cm³/mol. The fourth-order valence-corrected chi connectivity index (χ4v) is 6.00. The number of hydrogen-bond acceptors (Lipinski definition) is 4. The minimum atomic E-state index is -1.17. The first-order chi connectivity index (χ1) is 23.6. The van der Waals surface area contributed by atoms with Gasteiger partial charge < -0.3 is 4.57 Å². The Kier molecular flexibility index (Phi) is 10.0. The highest BCUT2D eigenvalue weighted by Crippen LogP contribution is 2.39. The Morgan fingerprint density at radius 1 is 0.714 bits per heavy atom. The first kappa shape index (κ1) is 33.7. The molecular weight excluding hydrogens is 620 g/mol. The Bertz CT molecular complexity index is 1910. The first-order valence-corrected chi connectivity index (χ1v) is 16.2. The summed E-state index contributed by atoms with van der Waals surface area (Å²) in [6.07, 6.45) is 2.18. The first-order valence-electron chi connectivity index (χ1n) is 16.2. The van der Waals surface area contributed by atoms with Crippen LogP contribution in [-0.2, 0) is 33.0 Å². The third-order valence-corrected chi connectivity index (χ3v) is 8.30. The predicted octanol–water partition coefficient (Wildman–Crippen LogP) is 8.24. The van der Waals surface area contributed by atoms with E-state index in [-0.39, 0.29) is 6.42 Å². The average molecular weight is 660 g/mol. The van der Waals surface area contributed by atoms with Crippen LogP contribution in [0.25, 0.3) is 10.9 Å². The number of carbonyl (C=O) groups excluding carboxylic acids is 1. The van der Waals surface area contributed by atoms with E-state index in [1.165, 1.54) is 6.07 Å². The maximum atomic E-state index is 14.2. The molecule has 1 unspecified atom stereocenters. The van der Waals surface area contributed by atoms with Crippen molar-refractivity contribution in [2.75, 3.05) is 0 Å². The molecule has 0 radical (unpaired) electrons. The molecule has 0 spiro atoms. The van der Waals surface area contributed by atoms with E-state index in [9.17, 15) is 13.6 Å². The van der Waals surface area contributed by atoms with Gasteiger partial charge in [-0.15, -0.1) is 0 Å². The zero-order valence-electron chi connectivity index (χ0n) is 27.7. The second-order valence-corrected chi connectivity index (χ2v) is 13.0. The van der Waals surface area contributed by atoms with Crippen LogP contribution in [0.2, 0.25) is 0 Å². The summed E-state index contributed by atoms with van der Waals surface area (Å²) < 4.78 is 29.7. The van der Waals surface area contributed by atoms with Gasteiger partial charge in [0.2, 0.25) is 0 Å². The number of nitrogens with one attached hydrogen (secondary N) is 2. The molecule has 5 aromatic carbocycles. The molecule has 1 amide bonds. The minimum absolute atomic E-state index is 0.242. The molecule has 0 fully saturated rings. The van der Waals surface area contributed by atoms with Crippen molar-refractivity contribution in [1.82, 2.24) is 15.5 Å². The topological polar surface area (TPSA) is 64.5 Å². The normalized spacial score (nSPS) is 12.6. The number of fused-ring (bicyclic) bond motifs is 1. The van der Waals surface area contributed by atoms with Gasteiger partial charge in [-0.05, 0) is 66.8 Å². The molecule has 6 rings (SSSR count). The molecule has 0 saturated carbocycles. The third kappa shape index (κ3) is 7.62. The van der Waals surface area contributed by atoms with Gasteiger partial charge in [0.25, 0.3) is 5.91 Å². The molecule has 250 valence electrons. The highest BCUT2D eigenvalue weighted by atomic mass is 19.2. The monoisotopic (exact) mass is 659 g/mol. The molecule has 0 bridgehead atoms. The number of hydrogen-bond donors (Lipinski definition) is 2. The summed E-state index contributed by atoms with van der Waals surface area (Å²) in [5.74, 6) is -2.22. The Labute approximate surface area is 285 Å². The molecule has 1 atom stereocenters. The fraction of sp³-hybridized carbons (Fsp3) is 0.195. The van der Waals surface area contributed by atoms with Crippen LogP contribution in [-0.4, -0.2) is 22.1 Å². The van der Waals surface area contributed by atoms with Gasteiger partial charge in [-0.2, -0.15) is 5.48 Å². The fourth-order valence-electron chi connectivity index (χ4n) is 6.00. The van der Waals surface area contributed by atoms with Crippen molar-refractivity contribution in [3.63, 3.8) is 0 Å². The summed E-state index contributed by atoms with van der Waals surface area (Å²) in [5.41, 5.74) is 8.94. The van der Waals surface area contributed by atoms with E-state index < -0.39 is 34.8 Å². The van der Waals surface area contributed by atoms with Crippen LogP contribution in [0, 0.1) is 11.6 Å². The van der Waals surface area contributed by atoms with Crippen molar-refractivity contribution in [2.24, 2.45) is 0 Å². The van der Waals surface area contributed by atoms with E-state index in [0.29, 0.717) is 12.1 Å². The number of carbonyl (C=O) groups is 1. The molecule has 0 aliphatic heterocycles. The standard InChI is InChI=1S/C41H39F2N3O3/c1-40(2,3)48-44-37(26-30-28-46(38-22-14-13-21-34(30)38)27-29-23-24-35(42)36(43)25-29)39(47)45-49-41(31-15-7-4-8-16-31,32-17-9-5-10-18-32)33-19-11-6-12-20-33/h4-25,28,37,44H,26-27H2,1-3H3,(H,45,47).